The molecule has 1 nitrogen and oxygen atoms in total. The molecule has 0 aromatic heterocycles. The number of ether oxygens (including phenoxy) is 1. The minimum atomic E-state index is 0.635. The Kier molecular flexibility index (Phi) is 2.76. The zero-order chi connectivity index (χ0) is 10.3. The van der Waals surface area contributed by atoms with Crippen molar-refractivity contribution in [3.8, 4) is 0 Å². The van der Waals surface area contributed by atoms with Gasteiger partial charge in [-0.1, -0.05) is 19.8 Å². The molecule has 0 aromatic carbocycles. The maximum atomic E-state index is 6.11. The van der Waals surface area contributed by atoms with Crippen molar-refractivity contribution in [3.63, 3.8) is 0 Å². The third-order valence-electron chi connectivity index (χ3n) is 4.79. The SMILES string of the molecule is CC1CC1CC1CC(OC2CCCC2)C1. The molecule has 0 heterocycles. The molecule has 0 bridgehead atoms. The van der Waals surface area contributed by atoms with Crippen LogP contribution < -0.4 is 0 Å². The number of hydrogen-bond donors (Lipinski definition) is 0. The van der Waals surface area contributed by atoms with Crippen LogP contribution in [-0.4, -0.2) is 12.2 Å². The predicted octanol–water partition coefficient (Wildman–Crippen LogP) is 3.77. The molecule has 3 aliphatic rings. The molecule has 3 rings (SSSR count). The fourth-order valence-corrected chi connectivity index (χ4v) is 3.43. The van der Waals surface area contributed by atoms with E-state index < -0.39 is 0 Å². The molecule has 86 valence electrons. The van der Waals surface area contributed by atoms with Gasteiger partial charge in [0.25, 0.3) is 0 Å². The summed E-state index contributed by atoms with van der Waals surface area (Å²) in [6, 6.07) is 0. The quantitative estimate of drug-likeness (QED) is 0.683. The smallest absolute Gasteiger partial charge is 0.0584 e. The molecule has 0 spiro atoms. The summed E-state index contributed by atoms with van der Waals surface area (Å²) in [6.45, 7) is 2.40. The van der Waals surface area contributed by atoms with Crippen LogP contribution in [0, 0.1) is 17.8 Å². The Morgan fingerprint density at radius 2 is 1.67 bits per heavy atom. The van der Waals surface area contributed by atoms with E-state index >= 15 is 0 Å². The summed E-state index contributed by atoms with van der Waals surface area (Å²) in [4.78, 5) is 0. The lowest BCUT2D eigenvalue weighted by molar-refractivity contribution is -0.0751. The monoisotopic (exact) mass is 208 g/mol. The Balaban J connectivity index is 1.31. The molecule has 1 heteroatoms. The topological polar surface area (TPSA) is 9.23 Å². The lowest BCUT2D eigenvalue weighted by atomic mass is 9.78. The van der Waals surface area contributed by atoms with Gasteiger partial charge in [-0.25, -0.2) is 0 Å². The average Bonchev–Trinajstić information content (AvgIpc) is 2.65. The molecule has 3 fully saturated rings. The van der Waals surface area contributed by atoms with Gasteiger partial charge in [-0.15, -0.1) is 0 Å². The van der Waals surface area contributed by atoms with Crippen molar-refractivity contribution < 1.29 is 4.74 Å². The van der Waals surface area contributed by atoms with E-state index in [0.717, 1.165) is 17.8 Å². The highest BCUT2D eigenvalue weighted by atomic mass is 16.5. The maximum absolute atomic E-state index is 6.11. The molecule has 0 saturated heterocycles. The Morgan fingerprint density at radius 1 is 1.00 bits per heavy atom. The first-order valence-corrected chi connectivity index (χ1v) is 6.96. The minimum Gasteiger partial charge on any atom is -0.375 e. The van der Waals surface area contributed by atoms with Gasteiger partial charge < -0.3 is 4.74 Å². The fraction of sp³-hybridized carbons (Fsp3) is 1.00. The van der Waals surface area contributed by atoms with Gasteiger partial charge in [0.05, 0.1) is 12.2 Å². The van der Waals surface area contributed by atoms with Crippen LogP contribution in [0.2, 0.25) is 0 Å². The second kappa shape index (κ2) is 4.08. The molecule has 0 aliphatic heterocycles. The van der Waals surface area contributed by atoms with Crippen LogP contribution in [-0.2, 0) is 4.74 Å². The van der Waals surface area contributed by atoms with Crippen molar-refractivity contribution in [1.29, 1.82) is 0 Å². The van der Waals surface area contributed by atoms with E-state index in [4.69, 9.17) is 4.74 Å². The Bertz CT molecular complexity index is 213. The van der Waals surface area contributed by atoms with Gasteiger partial charge in [0.1, 0.15) is 0 Å². The van der Waals surface area contributed by atoms with E-state index in [9.17, 15) is 0 Å². The highest BCUT2D eigenvalue weighted by Crippen LogP contribution is 2.47. The zero-order valence-corrected chi connectivity index (χ0v) is 9.95. The minimum absolute atomic E-state index is 0.635. The molecule has 3 aliphatic carbocycles. The molecule has 0 aromatic rings. The van der Waals surface area contributed by atoms with Crippen LogP contribution in [0.5, 0.6) is 0 Å². The summed E-state index contributed by atoms with van der Waals surface area (Å²) in [6.07, 6.45) is 12.5. The van der Waals surface area contributed by atoms with Crippen LogP contribution in [0.25, 0.3) is 0 Å². The summed E-state index contributed by atoms with van der Waals surface area (Å²) < 4.78 is 6.11. The molecule has 2 unspecified atom stereocenters. The van der Waals surface area contributed by atoms with Crippen LogP contribution in [0.4, 0.5) is 0 Å². The third kappa shape index (κ3) is 2.38. The van der Waals surface area contributed by atoms with Crippen LogP contribution >= 0.6 is 0 Å². The molecule has 15 heavy (non-hydrogen) atoms. The van der Waals surface area contributed by atoms with Gasteiger partial charge in [0.15, 0.2) is 0 Å². The molecule has 0 radical (unpaired) electrons. The van der Waals surface area contributed by atoms with Gasteiger partial charge in [-0.3, -0.25) is 0 Å². The molecule has 0 amide bonds. The Morgan fingerprint density at radius 3 is 2.27 bits per heavy atom. The normalized spacial score (nSPS) is 45.4. The first-order valence-electron chi connectivity index (χ1n) is 6.96. The van der Waals surface area contributed by atoms with E-state index in [-0.39, 0.29) is 0 Å². The largest absolute Gasteiger partial charge is 0.375 e. The van der Waals surface area contributed by atoms with Crippen molar-refractivity contribution in [3.05, 3.63) is 0 Å². The van der Waals surface area contributed by atoms with Crippen LogP contribution in [0.1, 0.15) is 58.3 Å². The number of hydrogen-bond acceptors (Lipinski definition) is 1. The summed E-state index contributed by atoms with van der Waals surface area (Å²) in [7, 11) is 0. The van der Waals surface area contributed by atoms with E-state index in [0.29, 0.717) is 12.2 Å². The lowest BCUT2D eigenvalue weighted by Gasteiger charge is -2.37. The van der Waals surface area contributed by atoms with Gasteiger partial charge in [-0.05, 0) is 56.3 Å². The Labute approximate surface area is 93.6 Å². The molecule has 0 N–H and O–H groups in total. The van der Waals surface area contributed by atoms with Gasteiger partial charge in [0.2, 0.25) is 0 Å². The summed E-state index contributed by atoms with van der Waals surface area (Å²) >= 11 is 0. The van der Waals surface area contributed by atoms with Crippen molar-refractivity contribution in [2.75, 3.05) is 0 Å². The van der Waals surface area contributed by atoms with Crippen molar-refractivity contribution in [2.24, 2.45) is 17.8 Å². The number of rotatable bonds is 4. The maximum Gasteiger partial charge on any atom is 0.0584 e. The van der Waals surface area contributed by atoms with Gasteiger partial charge >= 0.3 is 0 Å². The summed E-state index contributed by atoms with van der Waals surface area (Å²) in [5.74, 6) is 3.15. The van der Waals surface area contributed by atoms with Gasteiger partial charge in [-0.2, -0.15) is 0 Å². The highest BCUT2D eigenvalue weighted by Gasteiger charge is 2.39. The van der Waals surface area contributed by atoms with Crippen molar-refractivity contribution in [2.45, 2.75) is 70.5 Å². The second-order valence-corrected chi connectivity index (χ2v) is 6.21. The van der Waals surface area contributed by atoms with E-state index in [2.05, 4.69) is 6.92 Å². The first-order chi connectivity index (χ1) is 7.31. The second-order valence-electron chi connectivity index (χ2n) is 6.21. The van der Waals surface area contributed by atoms with Crippen LogP contribution in [0.3, 0.4) is 0 Å². The molecule has 2 atom stereocenters. The fourth-order valence-electron chi connectivity index (χ4n) is 3.43. The molecular formula is C14H24O. The van der Waals surface area contributed by atoms with Crippen LogP contribution in [0.15, 0.2) is 0 Å². The van der Waals surface area contributed by atoms with Gasteiger partial charge in [0, 0.05) is 0 Å². The third-order valence-corrected chi connectivity index (χ3v) is 4.79. The standard InChI is InChI=1S/C14H24O/c1-10-6-12(10)7-11-8-14(9-11)15-13-4-2-3-5-13/h10-14H,2-9H2,1H3. The van der Waals surface area contributed by atoms with Crippen molar-refractivity contribution in [1.82, 2.24) is 0 Å². The van der Waals surface area contributed by atoms with Crippen molar-refractivity contribution >= 4 is 0 Å². The first kappa shape index (κ1) is 10.1. The predicted molar refractivity (Wildman–Crippen MR) is 61.7 cm³/mol. The lowest BCUT2D eigenvalue weighted by Crippen LogP contribution is -2.34. The Hall–Kier alpha value is -0.0400. The van der Waals surface area contributed by atoms with E-state index in [1.54, 1.807) is 0 Å². The summed E-state index contributed by atoms with van der Waals surface area (Å²) in [5.41, 5.74) is 0. The summed E-state index contributed by atoms with van der Waals surface area (Å²) in [5, 5.41) is 0. The van der Waals surface area contributed by atoms with E-state index in [1.165, 1.54) is 51.4 Å². The highest BCUT2D eigenvalue weighted by molar-refractivity contribution is 4.90. The molecular weight excluding hydrogens is 184 g/mol. The van der Waals surface area contributed by atoms with E-state index in [1.807, 2.05) is 0 Å². The zero-order valence-electron chi connectivity index (χ0n) is 9.95. The molecule has 3 saturated carbocycles. The average molecular weight is 208 g/mol.